The molecule has 0 bridgehead atoms. The van der Waals surface area contributed by atoms with Crippen molar-refractivity contribution < 1.29 is 0 Å². The standard InChI is InChI=1S/C16H19N3/c1-2-4-14-12(3-1)5-6-16(14)9-13(16)10-17-11-15-18-7-8-19-15/h1-4,7-8,13,17H,5-6,9-11H2,(H,18,19)/t13-,16-/m1/s1. The van der Waals surface area contributed by atoms with Gasteiger partial charge in [-0.3, -0.25) is 0 Å². The van der Waals surface area contributed by atoms with Crippen LogP contribution in [0.4, 0.5) is 0 Å². The molecule has 1 fully saturated rings. The third-order valence-electron chi connectivity index (χ3n) is 4.86. The molecule has 1 heterocycles. The summed E-state index contributed by atoms with van der Waals surface area (Å²) in [7, 11) is 0. The van der Waals surface area contributed by atoms with Crippen molar-refractivity contribution in [3.63, 3.8) is 0 Å². The van der Waals surface area contributed by atoms with Crippen molar-refractivity contribution in [1.82, 2.24) is 15.3 Å². The lowest BCUT2D eigenvalue weighted by Gasteiger charge is -2.11. The molecule has 19 heavy (non-hydrogen) atoms. The third-order valence-corrected chi connectivity index (χ3v) is 4.86. The first kappa shape index (κ1) is 11.2. The van der Waals surface area contributed by atoms with E-state index in [1.54, 1.807) is 11.1 Å². The van der Waals surface area contributed by atoms with Crippen LogP contribution in [0, 0.1) is 5.92 Å². The van der Waals surface area contributed by atoms with Crippen molar-refractivity contribution in [2.75, 3.05) is 6.54 Å². The van der Waals surface area contributed by atoms with Crippen molar-refractivity contribution in [2.24, 2.45) is 5.92 Å². The quantitative estimate of drug-likeness (QED) is 0.878. The van der Waals surface area contributed by atoms with Crippen LogP contribution in [0.25, 0.3) is 0 Å². The molecule has 0 radical (unpaired) electrons. The van der Waals surface area contributed by atoms with Gasteiger partial charge in [-0.2, -0.15) is 0 Å². The SMILES string of the molecule is c1ccc2c(c1)CC[C@]21C[C@@H]1CNCc1ncc[nH]1. The molecule has 2 aromatic rings. The number of H-pyrrole nitrogens is 1. The highest BCUT2D eigenvalue weighted by atomic mass is 15.0. The minimum atomic E-state index is 0.507. The molecule has 1 aromatic heterocycles. The summed E-state index contributed by atoms with van der Waals surface area (Å²) >= 11 is 0. The summed E-state index contributed by atoms with van der Waals surface area (Å²) in [5.41, 5.74) is 3.71. The van der Waals surface area contributed by atoms with Gasteiger partial charge in [0.1, 0.15) is 5.82 Å². The summed E-state index contributed by atoms with van der Waals surface area (Å²) in [6.07, 6.45) is 7.66. The normalized spacial score (nSPS) is 27.7. The van der Waals surface area contributed by atoms with Crippen LogP contribution in [-0.2, 0) is 18.4 Å². The van der Waals surface area contributed by atoms with E-state index in [0.29, 0.717) is 5.41 Å². The van der Waals surface area contributed by atoms with Gasteiger partial charge in [0.2, 0.25) is 0 Å². The maximum Gasteiger partial charge on any atom is 0.120 e. The smallest absolute Gasteiger partial charge is 0.120 e. The van der Waals surface area contributed by atoms with Gasteiger partial charge in [0, 0.05) is 17.8 Å². The van der Waals surface area contributed by atoms with E-state index in [0.717, 1.165) is 24.8 Å². The molecular weight excluding hydrogens is 234 g/mol. The minimum absolute atomic E-state index is 0.507. The number of hydrogen-bond acceptors (Lipinski definition) is 2. The van der Waals surface area contributed by atoms with E-state index in [1.165, 1.54) is 19.3 Å². The number of fused-ring (bicyclic) bond motifs is 2. The molecule has 4 rings (SSSR count). The zero-order chi connectivity index (χ0) is 12.7. The second kappa shape index (κ2) is 4.20. The maximum absolute atomic E-state index is 4.24. The average molecular weight is 253 g/mol. The van der Waals surface area contributed by atoms with Crippen LogP contribution in [0.1, 0.15) is 29.8 Å². The zero-order valence-electron chi connectivity index (χ0n) is 11.0. The first-order chi connectivity index (χ1) is 9.38. The maximum atomic E-state index is 4.24. The molecule has 0 saturated heterocycles. The number of nitrogens with zero attached hydrogens (tertiary/aromatic N) is 1. The highest BCUT2D eigenvalue weighted by Gasteiger charge is 2.57. The molecule has 1 aromatic carbocycles. The summed E-state index contributed by atoms with van der Waals surface area (Å²) in [6.45, 7) is 1.95. The Balaban J connectivity index is 1.39. The van der Waals surface area contributed by atoms with Crippen molar-refractivity contribution in [2.45, 2.75) is 31.2 Å². The van der Waals surface area contributed by atoms with Crippen LogP contribution in [0.15, 0.2) is 36.7 Å². The molecule has 1 spiro atoms. The monoisotopic (exact) mass is 253 g/mol. The van der Waals surface area contributed by atoms with Crippen LogP contribution in [0.3, 0.4) is 0 Å². The Kier molecular flexibility index (Phi) is 2.49. The first-order valence-electron chi connectivity index (χ1n) is 7.16. The molecule has 2 atom stereocenters. The fraction of sp³-hybridized carbons (Fsp3) is 0.438. The van der Waals surface area contributed by atoms with Gasteiger partial charge in [-0.05, 0) is 42.9 Å². The third kappa shape index (κ3) is 1.80. The van der Waals surface area contributed by atoms with Crippen LogP contribution in [0.5, 0.6) is 0 Å². The summed E-state index contributed by atoms with van der Waals surface area (Å²) in [5.74, 6) is 1.84. The molecule has 1 saturated carbocycles. The highest BCUT2D eigenvalue weighted by molar-refractivity contribution is 5.45. The van der Waals surface area contributed by atoms with E-state index < -0.39 is 0 Å². The topological polar surface area (TPSA) is 40.7 Å². The number of aryl methyl sites for hydroxylation is 1. The van der Waals surface area contributed by atoms with E-state index in [9.17, 15) is 0 Å². The number of rotatable bonds is 4. The lowest BCUT2D eigenvalue weighted by molar-refractivity contribution is 0.542. The Morgan fingerprint density at radius 2 is 2.32 bits per heavy atom. The van der Waals surface area contributed by atoms with Crippen LogP contribution < -0.4 is 5.32 Å². The molecule has 0 unspecified atom stereocenters. The van der Waals surface area contributed by atoms with Gasteiger partial charge >= 0.3 is 0 Å². The lowest BCUT2D eigenvalue weighted by Crippen LogP contribution is -2.20. The zero-order valence-corrected chi connectivity index (χ0v) is 11.0. The number of imidazole rings is 1. The fourth-order valence-corrected chi connectivity index (χ4v) is 3.76. The van der Waals surface area contributed by atoms with Gasteiger partial charge in [-0.25, -0.2) is 4.98 Å². The average Bonchev–Trinajstić information content (AvgIpc) is 2.79. The van der Waals surface area contributed by atoms with Crippen molar-refractivity contribution in [3.05, 3.63) is 53.6 Å². The van der Waals surface area contributed by atoms with Crippen molar-refractivity contribution in [1.29, 1.82) is 0 Å². The number of nitrogens with one attached hydrogen (secondary N) is 2. The Bertz CT molecular complexity index is 575. The van der Waals surface area contributed by atoms with E-state index in [4.69, 9.17) is 0 Å². The second-order valence-corrected chi connectivity index (χ2v) is 5.88. The van der Waals surface area contributed by atoms with E-state index in [-0.39, 0.29) is 0 Å². The van der Waals surface area contributed by atoms with Crippen molar-refractivity contribution >= 4 is 0 Å². The van der Waals surface area contributed by atoms with Gasteiger partial charge in [0.25, 0.3) is 0 Å². The summed E-state index contributed by atoms with van der Waals surface area (Å²) in [4.78, 5) is 7.37. The van der Waals surface area contributed by atoms with Crippen LogP contribution in [0.2, 0.25) is 0 Å². The van der Waals surface area contributed by atoms with Gasteiger partial charge in [-0.1, -0.05) is 24.3 Å². The minimum Gasteiger partial charge on any atom is -0.348 e. The number of benzene rings is 1. The van der Waals surface area contributed by atoms with Gasteiger partial charge in [0.05, 0.1) is 6.54 Å². The Morgan fingerprint density at radius 3 is 3.21 bits per heavy atom. The molecular formula is C16H19N3. The number of aromatic amines is 1. The summed E-state index contributed by atoms with van der Waals surface area (Å²) < 4.78 is 0. The number of hydrogen-bond donors (Lipinski definition) is 2. The predicted molar refractivity (Wildman–Crippen MR) is 74.8 cm³/mol. The lowest BCUT2D eigenvalue weighted by atomic mass is 9.95. The molecule has 3 nitrogen and oxygen atoms in total. The summed E-state index contributed by atoms with van der Waals surface area (Å²) in [6, 6.07) is 9.01. The molecule has 2 aliphatic carbocycles. The fourth-order valence-electron chi connectivity index (χ4n) is 3.76. The van der Waals surface area contributed by atoms with E-state index >= 15 is 0 Å². The second-order valence-electron chi connectivity index (χ2n) is 5.88. The molecule has 0 aliphatic heterocycles. The first-order valence-corrected chi connectivity index (χ1v) is 7.16. The van der Waals surface area contributed by atoms with Gasteiger partial charge < -0.3 is 10.3 Å². The van der Waals surface area contributed by atoms with E-state index in [1.807, 2.05) is 12.4 Å². The predicted octanol–water partition coefficient (Wildman–Crippen LogP) is 2.40. The van der Waals surface area contributed by atoms with E-state index in [2.05, 4.69) is 39.6 Å². The Morgan fingerprint density at radius 1 is 1.37 bits per heavy atom. The molecule has 3 heteroatoms. The number of aromatic nitrogens is 2. The molecule has 98 valence electrons. The Labute approximate surface area is 113 Å². The summed E-state index contributed by atoms with van der Waals surface area (Å²) in [5, 5.41) is 3.54. The van der Waals surface area contributed by atoms with Gasteiger partial charge in [-0.15, -0.1) is 0 Å². The Hall–Kier alpha value is -1.61. The largest absolute Gasteiger partial charge is 0.348 e. The van der Waals surface area contributed by atoms with Crippen LogP contribution in [-0.4, -0.2) is 16.5 Å². The van der Waals surface area contributed by atoms with Crippen molar-refractivity contribution in [3.8, 4) is 0 Å². The van der Waals surface area contributed by atoms with Gasteiger partial charge in [0.15, 0.2) is 0 Å². The molecule has 0 amide bonds. The molecule has 2 aliphatic rings. The highest BCUT2D eigenvalue weighted by Crippen LogP contribution is 2.61. The molecule has 2 N–H and O–H groups in total. The van der Waals surface area contributed by atoms with Crippen LogP contribution >= 0.6 is 0 Å².